The first-order chi connectivity index (χ1) is 14.0. The van der Waals surface area contributed by atoms with Crippen molar-refractivity contribution in [1.82, 2.24) is 0 Å². The average molecular weight is 386 g/mol. The normalized spacial score (nSPS) is 18.0. The van der Waals surface area contributed by atoms with Crippen molar-refractivity contribution < 1.29 is 14.6 Å². The van der Waals surface area contributed by atoms with Crippen molar-refractivity contribution in [2.45, 2.75) is 45.1 Å². The van der Waals surface area contributed by atoms with Gasteiger partial charge in [0.15, 0.2) is 0 Å². The summed E-state index contributed by atoms with van der Waals surface area (Å²) in [6, 6.07) is 22.1. The van der Waals surface area contributed by atoms with E-state index in [0.29, 0.717) is 5.56 Å². The molecule has 0 aliphatic carbocycles. The van der Waals surface area contributed by atoms with Gasteiger partial charge >= 0.3 is 5.97 Å². The fourth-order valence-corrected chi connectivity index (χ4v) is 4.02. The molecule has 1 N–H and O–H groups in total. The number of fused-ring (bicyclic) bond motifs is 1. The molecular formula is C26H26O3. The van der Waals surface area contributed by atoms with Crippen molar-refractivity contribution in [3.05, 3.63) is 89.0 Å². The number of ether oxygens (including phenoxy) is 1. The SMILES string of the molecule is CCc1ccc(CC2(C)CCc3cc(-c4ccc(C(=O)O)cc4)ccc3O2)cc1. The van der Waals surface area contributed by atoms with E-state index in [1.165, 1.54) is 16.7 Å². The molecule has 3 aromatic rings. The van der Waals surface area contributed by atoms with Crippen LogP contribution in [0.1, 0.15) is 47.3 Å². The van der Waals surface area contributed by atoms with Gasteiger partial charge in [0.1, 0.15) is 11.4 Å². The molecule has 3 aromatic carbocycles. The predicted octanol–water partition coefficient (Wildman–Crippen LogP) is 5.94. The number of carboxylic acids is 1. The predicted molar refractivity (Wildman–Crippen MR) is 116 cm³/mol. The molecular weight excluding hydrogens is 360 g/mol. The summed E-state index contributed by atoms with van der Waals surface area (Å²) >= 11 is 0. The van der Waals surface area contributed by atoms with Crippen LogP contribution in [0.5, 0.6) is 5.75 Å². The Morgan fingerprint density at radius 3 is 2.28 bits per heavy atom. The topological polar surface area (TPSA) is 46.5 Å². The third-order valence-corrected chi connectivity index (χ3v) is 5.81. The molecule has 1 atom stereocenters. The Morgan fingerprint density at radius 1 is 0.966 bits per heavy atom. The summed E-state index contributed by atoms with van der Waals surface area (Å²) in [5.74, 6) is 0.0499. The Bertz CT molecular complexity index is 1020. The number of benzene rings is 3. The maximum absolute atomic E-state index is 11.0. The molecule has 1 aliphatic heterocycles. The molecule has 1 aliphatic rings. The lowest BCUT2D eigenvalue weighted by atomic mass is 9.86. The van der Waals surface area contributed by atoms with Crippen molar-refractivity contribution in [2.24, 2.45) is 0 Å². The number of aromatic carboxylic acids is 1. The minimum Gasteiger partial charge on any atom is -0.487 e. The van der Waals surface area contributed by atoms with E-state index < -0.39 is 5.97 Å². The Kier molecular flexibility index (Phi) is 5.14. The number of hydrogen-bond acceptors (Lipinski definition) is 2. The molecule has 0 saturated heterocycles. The smallest absolute Gasteiger partial charge is 0.335 e. The van der Waals surface area contributed by atoms with Crippen molar-refractivity contribution in [2.75, 3.05) is 0 Å². The minimum atomic E-state index is -0.904. The molecule has 0 fully saturated rings. The lowest BCUT2D eigenvalue weighted by molar-refractivity contribution is 0.0654. The zero-order chi connectivity index (χ0) is 20.4. The molecule has 3 heteroatoms. The van der Waals surface area contributed by atoms with Gasteiger partial charge in [0, 0.05) is 6.42 Å². The van der Waals surface area contributed by atoms with Crippen LogP contribution in [0.3, 0.4) is 0 Å². The Hall–Kier alpha value is -3.07. The quantitative estimate of drug-likeness (QED) is 0.590. The van der Waals surface area contributed by atoms with Gasteiger partial charge in [-0.3, -0.25) is 0 Å². The average Bonchev–Trinajstić information content (AvgIpc) is 2.74. The van der Waals surface area contributed by atoms with Gasteiger partial charge in [0.2, 0.25) is 0 Å². The summed E-state index contributed by atoms with van der Waals surface area (Å²) < 4.78 is 6.44. The number of carboxylic acid groups (broad SMARTS) is 1. The van der Waals surface area contributed by atoms with Crippen LogP contribution in [0.4, 0.5) is 0 Å². The maximum atomic E-state index is 11.0. The van der Waals surface area contributed by atoms with Gasteiger partial charge in [0.05, 0.1) is 5.56 Å². The zero-order valence-corrected chi connectivity index (χ0v) is 16.9. The highest BCUT2D eigenvalue weighted by Crippen LogP contribution is 2.37. The van der Waals surface area contributed by atoms with E-state index in [0.717, 1.165) is 42.6 Å². The molecule has 148 valence electrons. The summed E-state index contributed by atoms with van der Waals surface area (Å²) in [6.45, 7) is 4.37. The van der Waals surface area contributed by atoms with Gasteiger partial charge in [-0.25, -0.2) is 4.79 Å². The van der Waals surface area contributed by atoms with Crippen molar-refractivity contribution >= 4 is 5.97 Å². The van der Waals surface area contributed by atoms with Crippen LogP contribution in [0, 0.1) is 0 Å². The molecule has 1 unspecified atom stereocenters. The largest absolute Gasteiger partial charge is 0.487 e. The van der Waals surface area contributed by atoms with Crippen molar-refractivity contribution in [1.29, 1.82) is 0 Å². The molecule has 1 heterocycles. The summed E-state index contributed by atoms with van der Waals surface area (Å²) in [5.41, 5.74) is 6.08. The second-order valence-electron chi connectivity index (χ2n) is 8.10. The zero-order valence-electron chi connectivity index (χ0n) is 16.9. The van der Waals surface area contributed by atoms with Gasteiger partial charge in [-0.05, 0) is 78.3 Å². The van der Waals surface area contributed by atoms with Gasteiger partial charge < -0.3 is 9.84 Å². The van der Waals surface area contributed by atoms with Gasteiger partial charge in [0.25, 0.3) is 0 Å². The highest BCUT2D eigenvalue weighted by molar-refractivity contribution is 5.88. The van der Waals surface area contributed by atoms with Gasteiger partial charge in [-0.1, -0.05) is 49.4 Å². The molecule has 0 radical (unpaired) electrons. The standard InChI is InChI=1S/C26H26O3/c1-3-18-4-6-19(7-5-18)17-26(2)15-14-23-16-22(12-13-24(23)29-26)20-8-10-21(11-9-20)25(27)28/h4-13,16H,3,14-15,17H2,1-2H3,(H,27,28). The monoisotopic (exact) mass is 386 g/mol. The van der Waals surface area contributed by atoms with Crippen LogP contribution in [-0.4, -0.2) is 16.7 Å². The van der Waals surface area contributed by atoms with E-state index in [4.69, 9.17) is 9.84 Å². The lowest BCUT2D eigenvalue weighted by Crippen LogP contribution is -2.38. The highest BCUT2D eigenvalue weighted by atomic mass is 16.5. The third-order valence-electron chi connectivity index (χ3n) is 5.81. The maximum Gasteiger partial charge on any atom is 0.335 e. The Labute approximate surface area is 172 Å². The molecule has 0 amide bonds. The van der Waals surface area contributed by atoms with E-state index >= 15 is 0 Å². The molecule has 29 heavy (non-hydrogen) atoms. The lowest BCUT2D eigenvalue weighted by Gasteiger charge is -2.36. The number of rotatable bonds is 5. The van der Waals surface area contributed by atoms with Gasteiger partial charge in [-0.15, -0.1) is 0 Å². The molecule has 0 aromatic heterocycles. The number of aryl methyl sites for hydroxylation is 2. The molecule has 0 bridgehead atoms. The van der Waals surface area contributed by atoms with Crippen LogP contribution in [0.2, 0.25) is 0 Å². The molecule has 4 rings (SSSR count). The highest BCUT2D eigenvalue weighted by Gasteiger charge is 2.31. The second kappa shape index (κ2) is 7.75. The Balaban J connectivity index is 1.51. The number of hydrogen-bond donors (Lipinski definition) is 1. The van der Waals surface area contributed by atoms with Crippen LogP contribution >= 0.6 is 0 Å². The minimum absolute atomic E-state index is 0.203. The second-order valence-corrected chi connectivity index (χ2v) is 8.10. The van der Waals surface area contributed by atoms with E-state index in [1.807, 2.05) is 18.2 Å². The molecule has 0 spiro atoms. The van der Waals surface area contributed by atoms with Gasteiger partial charge in [-0.2, -0.15) is 0 Å². The summed E-state index contributed by atoms with van der Waals surface area (Å²) in [7, 11) is 0. The first kappa shape index (κ1) is 19.3. The molecule has 0 saturated carbocycles. The molecule has 3 nitrogen and oxygen atoms in total. The third kappa shape index (κ3) is 4.19. The number of carbonyl (C=O) groups is 1. The first-order valence-corrected chi connectivity index (χ1v) is 10.2. The van der Waals surface area contributed by atoms with Crippen molar-refractivity contribution in [3.8, 4) is 16.9 Å². The van der Waals surface area contributed by atoms with Crippen molar-refractivity contribution in [3.63, 3.8) is 0 Å². The van der Waals surface area contributed by atoms with Crippen LogP contribution in [-0.2, 0) is 19.3 Å². The fraction of sp³-hybridized carbons (Fsp3) is 0.269. The van der Waals surface area contributed by atoms with Crippen LogP contribution in [0.15, 0.2) is 66.7 Å². The Morgan fingerprint density at radius 2 is 1.62 bits per heavy atom. The summed E-state index contributed by atoms with van der Waals surface area (Å²) in [5, 5.41) is 9.07. The van der Waals surface area contributed by atoms with Crippen LogP contribution in [0.25, 0.3) is 11.1 Å². The fourth-order valence-electron chi connectivity index (χ4n) is 4.02. The van der Waals surface area contributed by atoms with E-state index in [2.05, 4.69) is 50.2 Å². The van der Waals surface area contributed by atoms with Crippen LogP contribution < -0.4 is 4.74 Å². The first-order valence-electron chi connectivity index (χ1n) is 10.2. The van der Waals surface area contributed by atoms with E-state index in [1.54, 1.807) is 12.1 Å². The summed E-state index contributed by atoms with van der Waals surface area (Å²) in [6.07, 6.45) is 3.90. The van der Waals surface area contributed by atoms with E-state index in [9.17, 15) is 4.79 Å². The summed E-state index contributed by atoms with van der Waals surface area (Å²) in [4.78, 5) is 11.0. The van der Waals surface area contributed by atoms with E-state index in [-0.39, 0.29) is 5.60 Å².